The zero-order valence-corrected chi connectivity index (χ0v) is 12.9. The monoisotopic (exact) mass is 319 g/mol. The van der Waals surface area contributed by atoms with Crippen molar-refractivity contribution in [2.24, 2.45) is 5.92 Å². The molecule has 0 aromatic heterocycles. The Balaban J connectivity index is 1.79. The van der Waals surface area contributed by atoms with Gasteiger partial charge in [0, 0.05) is 37.4 Å². The summed E-state index contributed by atoms with van der Waals surface area (Å²) in [7, 11) is 0. The fourth-order valence-corrected chi connectivity index (χ4v) is 2.97. The molecule has 23 heavy (non-hydrogen) atoms. The standard InChI is InChI=1S/C16H21N3O4/c20-10-11-2-1-7-18(9-11)16(21)12-3-6-14(17-13-4-5-13)15(8-12)19(22)23/h3,6,8,11,13,17,20H,1-2,4-5,7,9-10H2. The van der Waals surface area contributed by atoms with Gasteiger partial charge in [0.05, 0.1) is 4.92 Å². The number of nitrogens with one attached hydrogen (secondary N) is 1. The van der Waals surface area contributed by atoms with Gasteiger partial charge in [0.1, 0.15) is 5.69 Å². The highest BCUT2D eigenvalue weighted by Gasteiger charge is 2.28. The van der Waals surface area contributed by atoms with E-state index in [9.17, 15) is 20.0 Å². The van der Waals surface area contributed by atoms with Crippen LogP contribution in [0.2, 0.25) is 0 Å². The SMILES string of the molecule is O=C(c1ccc(NC2CC2)c([N+](=O)[O-])c1)N1CCCC(CO)C1. The third kappa shape index (κ3) is 3.61. The number of anilines is 1. The number of carbonyl (C=O) groups excluding carboxylic acids is 1. The van der Waals surface area contributed by atoms with Gasteiger partial charge in [0.25, 0.3) is 11.6 Å². The third-order valence-corrected chi connectivity index (χ3v) is 4.44. The van der Waals surface area contributed by atoms with Gasteiger partial charge in [-0.2, -0.15) is 0 Å². The van der Waals surface area contributed by atoms with Gasteiger partial charge in [0.2, 0.25) is 0 Å². The number of likely N-dealkylation sites (tertiary alicyclic amines) is 1. The number of nitro benzene ring substituents is 1. The maximum absolute atomic E-state index is 12.6. The van der Waals surface area contributed by atoms with E-state index in [4.69, 9.17) is 0 Å². The predicted octanol–water partition coefficient (Wildman–Crippen LogP) is 2.01. The molecule has 124 valence electrons. The molecular weight excluding hydrogens is 298 g/mol. The van der Waals surface area contributed by atoms with E-state index in [1.165, 1.54) is 6.07 Å². The van der Waals surface area contributed by atoms with Crippen LogP contribution < -0.4 is 5.32 Å². The summed E-state index contributed by atoms with van der Waals surface area (Å²) >= 11 is 0. The van der Waals surface area contributed by atoms with Crippen molar-refractivity contribution < 1.29 is 14.8 Å². The molecule has 1 amide bonds. The van der Waals surface area contributed by atoms with Crippen molar-refractivity contribution in [2.75, 3.05) is 25.0 Å². The number of aliphatic hydroxyl groups excluding tert-OH is 1. The van der Waals surface area contributed by atoms with Gasteiger partial charge in [-0.25, -0.2) is 0 Å². The summed E-state index contributed by atoms with van der Waals surface area (Å²) in [5.41, 5.74) is 0.746. The Hall–Kier alpha value is -2.15. The third-order valence-electron chi connectivity index (χ3n) is 4.44. The molecule has 2 fully saturated rings. The lowest BCUT2D eigenvalue weighted by Crippen LogP contribution is -2.40. The first-order valence-electron chi connectivity index (χ1n) is 8.03. The van der Waals surface area contributed by atoms with E-state index in [-0.39, 0.29) is 24.1 Å². The van der Waals surface area contributed by atoms with Crippen molar-refractivity contribution in [1.82, 2.24) is 4.90 Å². The molecule has 1 saturated heterocycles. The van der Waals surface area contributed by atoms with E-state index >= 15 is 0 Å². The number of nitro groups is 1. The van der Waals surface area contributed by atoms with Crippen LogP contribution in [0.15, 0.2) is 18.2 Å². The maximum atomic E-state index is 12.6. The largest absolute Gasteiger partial charge is 0.396 e. The van der Waals surface area contributed by atoms with Crippen molar-refractivity contribution in [3.8, 4) is 0 Å². The molecule has 1 unspecified atom stereocenters. The Bertz CT molecular complexity index is 615. The Labute approximate surface area is 134 Å². The number of hydrogen-bond donors (Lipinski definition) is 2. The lowest BCUT2D eigenvalue weighted by Gasteiger charge is -2.31. The molecule has 0 radical (unpaired) electrons. The Morgan fingerprint density at radius 1 is 1.39 bits per heavy atom. The first-order valence-corrected chi connectivity index (χ1v) is 8.03. The van der Waals surface area contributed by atoms with E-state index in [1.54, 1.807) is 17.0 Å². The summed E-state index contributed by atoms with van der Waals surface area (Å²) in [6, 6.07) is 4.93. The van der Waals surface area contributed by atoms with Crippen LogP contribution in [0.25, 0.3) is 0 Å². The first-order chi connectivity index (χ1) is 11.1. The normalized spacial score (nSPS) is 21.1. The number of aliphatic hydroxyl groups is 1. The molecule has 1 atom stereocenters. The minimum Gasteiger partial charge on any atom is -0.396 e. The zero-order chi connectivity index (χ0) is 16.4. The van der Waals surface area contributed by atoms with Crippen LogP contribution in [0.5, 0.6) is 0 Å². The van der Waals surface area contributed by atoms with E-state index in [2.05, 4.69) is 5.32 Å². The summed E-state index contributed by atoms with van der Waals surface area (Å²) in [4.78, 5) is 25.1. The van der Waals surface area contributed by atoms with Crippen molar-refractivity contribution in [2.45, 2.75) is 31.7 Å². The molecule has 1 aromatic rings. The number of benzene rings is 1. The highest BCUT2D eigenvalue weighted by molar-refractivity contribution is 5.95. The van der Waals surface area contributed by atoms with E-state index in [0.717, 1.165) is 25.7 Å². The smallest absolute Gasteiger partial charge is 0.293 e. The second-order valence-corrected chi connectivity index (χ2v) is 6.35. The molecule has 7 nitrogen and oxygen atoms in total. The van der Waals surface area contributed by atoms with Crippen molar-refractivity contribution in [3.63, 3.8) is 0 Å². The maximum Gasteiger partial charge on any atom is 0.293 e. The number of piperidine rings is 1. The second-order valence-electron chi connectivity index (χ2n) is 6.35. The summed E-state index contributed by atoms with van der Waals surface area (Å²) < 4.78 is 0. The van der Waals surface area contributed by atoms with Crippen LogP contribution in [-0.2, 0) is 0 Å². The fraction of sp³-hybridized carbons (Fsp3) is 0.562. The highest BCUT2D eigenvalue weighted by atomic mass is 16.6. The van der Waals surface area contributed by atoms with Crippen molar-refractivity contribution in [1.29, 1.82) is 0 Å². The second kappa shape index (κ2) is 6.54. The average molecular weight is 319 g/mol. The topological polar surface area (TPSA) is 95.7 Å². The molecule has 2 N–H and O–H groups in total. The molecule has 3 rings (SSSR count). The molecule has 1 aliphatic heterocycles. The van der Waals surface area contributed by atoms with Gasteiger partial charge in [-0.3, -0.25) is 14.9 Å². The van der Waals surface area contributed by atoms with Crippen molar-refractivity contribution >= 4 is 17.3 Å². The summed E-state index contributed by atoms with van der Waals surface area (Å²) in [5, 5.41) is 23.7. The van der Waals surface area contributed by atoms with Crippen LogP contribution in [0.4, 0.5) is 11.4 Å². The minimum absolute atomic E-state index is 0.0570. The fourth-order valence-electron chi connectivity index (χ4n) is 2.97. The average Bonchev–Trinajstić information content (AvgIpc) is 3.38. The molecule has 1 aliphatic carbocycles. The minimum atomic E-state index is -0.450. The Morgan fingerprint density at radius 2 is 2.17 bits per heavy atom. The first kappa shape index (κ1) is 15.7. The molecule has 2 aliphatic rings. The lowest BCUT2D eigenvalue weighted by molar-refractivity contribution is -0.384. The number of amides is 1. The van der Waals surface area contributed by atoms with Crippen LogP contribution in [-0.4, -0.2) is 46.6 Å². The number of nitrogens with zero attached hydrogens (tertiary/aromatic N) is 2. The van der Waals surface area contributed by atoms with E-state index in [1.807, 2.05) is 0 Å². The summed E-state index contributed by atoms with van der Waals surface area (Å²) in [6.45, 7) is 1.20. The van der Waals surface area contributed by atoms with Gasteiger partial charge >= 0.3 is 0 Å². The van der Waals surface area contributed by atoms with Gasteiger partial charge in [-0.15, -0.1) is 0 Å². The summed E-state index contributed by atoms with van der Waals surface area (Å²) in [5.74, 6) is -0.109. The van der Waals surface area contributed by atoms with Gasteiger partial charge in [-0.05, 0) is 43.7 Å². The predicted molar refractivity (Wildman–Crippen MR) is 85.5 cm³/mol. The highest BCUT2D eigenvalue weighted by Crippen LogP contribution is 2.32. The number of rotatable bonds is 5. The molecule has 7 heteroatoms. The molecule has 1 aromatic carbocycles. The van der Waals surface area contributed by atoms with E-state index < -0.39 is 4.92 Å². The number of hydrogen-bond acceptors (Lipinski definition) is 5. The summed E-state index contributed by atoms with van der Waals surface area (Å²) in [6.07, 6.45) is 3.80. The molecule has 1 saturated carbocycles. The quantitative estimate of drug-likeness (QED) is 0.639. The van der Waals surface area contributed by atoms with Gasteiger partial charge in [-0.1, -0.05) is 0 Å². The molecule has 1 heterocycles. The Kier molecular flexibility index (Phi) is 4.47. The van der Waals surface area contributed by atoms with Crippen molar-refractivity contribution in [3.05, 3.63) is 33.9 Å². The molecule has 0 bridgehead atoms. The van der Waals surface area contributed by atoms with Gasteiger partial charge in [0.15, 0.2) is 0 Å². The zero-order valence-electron chi connectivity index (χ0n) is 12.9. The van der Waals surface area contributed by atoms with Crippen LogP contribution in [0.3, 0.4) is 0 Å². The Morgan fingerprint density at radius 3 is 2.83 bits per heavy atom. The lowest BCUT2D eigenvalue weighted by atomic mass is 9.98. The molecular formula is C16H21N3O4. The molecule has 0 spiro atoms. The van der Waals surface area contributed by atoms with Crippen LogP contribution in [0.1, 0.15) is 36.0 Å². The van der Waals surface area contributed by atoms with Crippen LogP contribution in [0, 0.1) is 16.0 Å². The number of carbonyl (C=O) groups is 1. The van der Waals surface area contributed by atoms with Crippen LogP contribution >= 0.6 is 0 Å². The van der Waals surface area contributed by atoms with E-state index in [0.29, 0.717) is 30.4 Å². The van der Waals surface area contributed by atoms with Gasteiger partial charge < -0.3 is 15.3 Å².